The minimum atomic E-state index is -6.16. The van der Waals surface area contributed by atoms with E-state index in [0.29, 0.717) is 0 Å². The second-order valence-corrected chi connectivity index (χ2v) is 2.47. The number of hydrogen-bond acceptors (Lipinski definition) is 2. The van der Waals surface area contributed by atoms with Crippen LogP contribution in [0, 0.1) is 0 Å². The summed E-state index contributed by atoms with van der Waals surface area (Å²) >= 11 is 0. The molecule has 0 rings (SSSR count). The van der Waals surface area contributed by atoms with Crippen LogP contribution in [0.4, 0.5) is 26.3 Å². The molecule has 0 aromatic carbocycles. The maximum Gasteiger partial charge on any atom is 0.459 e. The van der Waals surface area contributed by atoms with Gasteiger partial charge >= 0.3 is 18.0 Å². The Morgan fingerprint density at radius 3 is 1.79 bits per heavy atom. The lowest BCUT2D eigenvalue weighted by molar-refractivity contribution is -0.380. The molecule has 0 aliphatic carbocycles. The smallest absolute Gasteiger partial charge is 0.376 e. The quantitative estimate of drug-likeness (QED) is 0.741. The largest absolute Gasteiger partial charge is 0.459 e. The van der Waals surface area contributed by atoms with E-state index in [1.807, 2.05) is 0 Å². The number of halogens is 6. The summed E-state index contributed by atoms with van der Waals surface area (Å²) in [6, 6.07) is 0. The molecule has 0 aromatic rings. The highest BCUT2D eigenvalue weighted by Crippen LogP contribution is 2.44. The van der Waals surface area contributed by atoms with Gasteiger partial charge in [-0.3, -0.25) is 0 Å². The van der Waals surface area contributed by atoms with Crippen molar-refractivity contribution in [2.45, 2.75) is 24.9 Å². The van der Waals surface area contributed by atoms with Gasteiger partial charge in [0.25, 0.3) is 0 Å². The monoisotopic (exact) mass is 226 g/mol. The summed E-state index contributed by atoms with van der Waals surface area (Å²) in [6.07, 6.45) is -6.16. The maximum absolute atomic E-state index is 12.5. The maximum atomic E-state index is 12.5. The molecule has 8 heteroatoms. The van der Waals surface area contributed by atoms with E-state index < -0.39 is 24.6 Å². The summed E-state index contributed by atoms with van der Waals surface area (Å²) in [5.74, 6) is -10.6. The number of alkyl halides is 6. The Morgan fingerprint density at radius 1 is 1.07 bits per heavy atom. The van der Waals surface area contributed by atoms with Gasteiger partial charge in [-0.15, -0.1) is 0 Å². The minimum absolute atomic E-state index is 0.292. The molecule has 0 amide bonds. The average molecular weight is 226 g/mol. The fraction of sp³-hybridized carbons (Fsp3) is 1.00. The summed E-state index contributed by atoms with van der Waals surface area (Å²) in [5, 5.41) is 8.25. The first-order chi connectivity index (χ1) is 6.06. The van der Waals surface area contributed by atoms with Gasteiger partial charge in [-0.05, 0) is 6.92 Å². The summed E-state index contributed by atoms with van der Waals surface area (Å²) < 4.78 is 75.5. The van der Waals surface area contributed by atoms with Crippen molar-refractivity contribution in [3.63, 3.8) is 0 Å². The molecule has 0 saturated heterocycles. The van der Waals surface area contributed by atoms with Gasteiger partial charge in [0.05, 0.1) is 0 Å². The van der Waals surface area contributed by atoms with Crippen molar-refractivity contribution in [3.8, 4) is 0 Å². The van der Waals surface area contributed by atoms with Crippen LogP contribution < -0.4 is 0 Å². The highest BCUT2D eigenvalue weighted by molar-refractivity contribution is 4.90. The van der Waals surface area contributed by atoms with Crippen molar-refractivity contribution < 1.29 is 36.2 Å². The van der Waals surface area contributed by atoms with Crippen molar-refractivity contribution >= 4 is 0 Å². The average Bonchev–Trinajstić information content (AvgIpc) is 1.98. The second kappa shape index (κ2) is 3.93. The highest BCUT2D eigenvalue weighted by Gasteiger charge is 2.71. The van der Waals surface area contributed by atoms with Crippen LogP contribution in [0.1, 0.15) is 6.92 Å². The van der Waals surface area contributed by atoms with Crippen molar-refractivity contribution in [1.29, 1.82) is 0 Å². The zero-order valence-corrected chi connectivity index (χ0v) is 7.04. The molecule has 2 nitrogen and oxygen atoms in total. The Hall–Kier alpha value is -0.500. The van der Waals surface area contributed by atoms with Crippen molar-refractivity contribution in [2.24, 2.45) is 0 Å². The number of rotatable bonds is 4. The summed E-state index contributed by atoms with van der Waals surface area (Å²) in [5.41, 5.74) is 0. The first-order valence-electron chi connectivity index (χ1n) is 3.50. The molecule has 0 aliphatic heterocycles. The first-order valence-corrected chi connectivity index (χ1v) is 3.50. The molecular formula is C6H8F6O2. The van der Waals surface area contributed by atoms with Gasteiger partial charge in [0.2, 0.25) is 0 Å². The third-order valence-electron chi connectivity index (χ3n) is 1.33. The van der Waals surface area contributed by atoms with Crippen LogP contribution in [-0.4, -0.2) is 36.3 Å². The van der Waals surface area contributed by atoms with Crippen LogP contribution >= 0.6 is 0 Å². The van der Waals surface area contributed by atoms with Gasteiger partial charge in [-0.1, -0.05) is 0 Å². The Labute approximate surface area is 75.5 Å². The van der Waals surface area contributed by atoms with Crippen molar-refractivity contribution in [3.05, 3.63) is 0 Å². The summed E-state index contributed by atoms with van der Waals surface area (Å²) in [6.45, 7) is -0.780. The lowest BCUT2D eigenvalue weighted by atomic mass is 10.1. The van der Waals surface area contributed by atoms with Gasteiger partial charge < -0.3 is 9.84 Å². The van der Waals surface area contributed by atoms with E-state index in [4.69, 9.17) is 5.11 Å². The SMILES string of the molecule is CCOCC(O)(F)C(F)(F)C(F)(F)F. The molecule has 86 valence electrons. The molecule has 0 heterocycles. The zero-order chi connectivity index (χ0) is 11.6. The summed E-state index contributed by atoms with van der Waals surface area (Å²) in [7, 11) is 0. The fourth-order valence-corrected chi connectivity index (χ4v) is 0.545. The molecule has 1 atom stereocenters. The molecular weight excluding hydrogens is 218 g/mol. The molecule has 0 fully saturated rings. The molecule has 0 aliphatic rings. The molecule has 14 heavy (non-hydrogen) atoms. The highest BCUT2D eigenvalue weighted by atomic mass is 19.4. The Bertz CT molecular complexity index is 187. The zero-order valence-electron chi connectivity index (χ0n) is 7.04. The minimum Gasteiger partial charge on any atom is -0.376 e. The van der Waals surface area contributed by atoms with Crippen LogP contribution in [0.3, 0.4) is 0 Å². The normalized spacial score (nSPS) is 18.0. The number of hydrogen-bond donors (Lipinski definition) is 1. The molecule has 0 saturated carbocycles. The van der Waals surface area contributed by atoms with E-state index in [2.05, 4.69) is 4.74 Å². The van der Waals surface area contributed by atoms with E-state index in [1.54, 1.807) is 0 Å². The molecule has 1 unspecified atom stereocenters. The lowest BCUT2D eigenvalue weighted by Gasteiger charge is -2.29. The summed E-state index contributed by atoms with van der Waals surface area (Å²) in [4.78, 5) is 0. The van der Waals surface area contributed by atoms with Gasteiger partial charge in [-0.2, -0.15) is 22.0 Å². The van der Waals surface area contributed by atoms with Crippen LogP contribution in [0.25, 0.3) is 0 Å². The predicted molar refractivity (Wildman–Crippen MR) is 33.6 cm³/mol. The van der Waals surface area contributed by atoms with Crippen LogP contribution in [-0.2, 0) is 4.74 Å². The van der Waals surface area contributed by atoms with Crippen LogP contribution in [0.5, 0.6) is 0 Å². The van der Waals surface area contributed by atoms with Crippen molar-refractivity contribution in [1.82, 2.24) is 0 Å². The van der Waals surface area contributed by atoms with Gasteiger partial charge in [0.1, 0.15) is 6.61 Å². The van der Waals surface area contributed by atoms with Crippen LogP contribution in [0.15, 0.2) is 0 Å². The Kier molecular flexibility index (Phi) is 3.79. The third kappa shape index (κ3) is 2.50. The van der Waals surface area contributed by atoms with Gasteiger partial charge in [0, 0.05) is 6.61 Å². The molecule has 0 aromatic heterocycles. The van der Waals surface area contributed by atoms with Crippen LogP contribution in [0.2, 0.25) is 0 Å². The topological polar surface area (TPSA) is 29.5 Å². The van der Waals surface area contributed by atoms with E-state index in [1.165, 1.54) is 6.92 Å². The Balaban J connectivity index is 4.69. The van der Waals surface area contributed by atoms with Gasteiger partial charge in [-0.25, -0.2) is 4.39 Å². The van der Waals surface area contributed by atoms with Crippen molar-refractivity contribution in [2.75, 3.05) is 13.2 Å². The first kappa shape index (κ1) is 13.5. The number of ether oxygens (including phenoxy) is 1. The molecule has 1 N–H and O–H groups in total. The standard InChI is InChI=1S/C6H8F6O2/c1-2-14-3-4(7,13)5(8,9)6(10,11)12/h13H,2-3H2,1H3. The molecule has 0 spiro atoms. The van der Waals surface area contributed by atoms with Gasteiger partial charge in [0.15, 0.2) is 0 Å². The lowest BCUT2D eigenvalue weighted by Crippen LogP contribution is -2.56. The predicted octanol–water partition coefficient (Wildman–Crippen LogP) is 1.88. The fourth-order valence-electron chi connectivity index (χ4n) is 0.545. The van der Waals surface area contributed by atoms with E-state index in [9.17, 15) is 26.3 Å². The Morgan fingerprint density at radius 2 is 1.50 bits per heavy atom. The van der Waals surface area contributed by atoms with E-state index in [0.717, 1.165) is 0 Å². The number of aliphatic hydroxyl groups is 1. The van der Waals surface area contributed by atoms with E-state index >= 15 is 0 Å². The second-order valence-electron chi connectivity index (χ2n) is 2.47. The third-order valence-corrected chi connectivity index (χ3v) is 1.33. The molecule has 0 radical (unpaired) electrons. The molecule has 0 bridgehead atoms. The van der Waals surface area contributed by atoms with E-state index in [-0.39, 0.29) is 6.61 Å².